The first-order chi connectivity index (χ1) is 13.6. The van der Waals surface area contributed by atoms with Gasteiger partial charge in [0.25, 0.3) is 5.91 Å². The SMILES string of the molecule is CC(C)(C)OC(=O)N1CCC(C(=O)OCC(=O)NC(=O)Cc2ccccc2)CC1. The molecule has 0 aromatic heterocycles. The molecule has 1 aliphatic heterocycles. The molecule has 1 aromatic carbocycles. The molecule has 0 aliphatic carbocycles. The second-order valence-corrected chi connectivity index (χ2v) is 7.98. The van der Waals surface area contributed by atoms with Crippen LogP contribution < -0.4 is 5.32 Å². The van der Waals surface area contributed by atoms with Crippen LogP contribution in [-0.2, 0) is 30.3 Å². The third kappa shape index (κ3) is 7.93. The molecular weight excluding hydrogens is 376 g/mol. The van der Waals surface area contributed by atoms with Crippen molar-refractivity contribution in [2.45, 2.75) is 45.6 Å². The Labute approximate surface area is 170 Å². The fourth-order valence-corrected chi connectivity index (χ4v) is 2.90. The van der Waals surface area contributed by atoms with Crippen molar-refractivity contribution in [1.29, 1.82) is 0 Å². The van der Waals surface area contributed by atoms with Gasteiger partial charge >= 0.3 is 12.1 Å². The lowest BCUT2D eigenvalue weighted by molar-refractivity contribution is -0.154. The van der Waals surface area contributed by atoms with E-state index in [0.717, 1.165) is 5.56 Å². The van der Waals surface area contributed by atoms with Gasteiger partial charge < -0.3 is 14.4 Å². The quantitative estimate of drug-likeness (QED) is 0.754. The molecule has 3 amide bonds. The summed E-state index contributed by atoms with van der Waals surface area (Å²) in [6, 6.07) is 9.02. The van der Waals surface area contributed by atoms with E-state index in [2.05, 4.69) is 5.32 Å². The van der Waals surface area contributed by atoms with Gasteiger partial charge in [-0.15, -0.1) is 0 Å². The van der Waals surface area contributed by atoms with Crippen molar-refractivity contribution in [1.82, 2.24) is 10.2 Å². The van der Waals surface area contributed by atoms with Crippen molar-refractivity contribution in [3.63, 3.8) is 0 Å². The molecule has 1 fully saturated rings. The Morgan fingerprint density at radius 1 is 1.03 bits per heavy atom. The molecule has 0 spiro atoms. The van der Waals surface area contributed by atoms with Crippen LogP contribution in [0.1, 0.15) is 39.2 Å². The zero-order valence-electron chi connectivity index (χ0n) is 17.1. The number of benzene rings is 1. The number of rotatable bonds is 5. The molecular formula is C21H28N2O6. The summed E-state index contributed by atoms with van der Waals surface area (Å²) in [6.45, 7) is 5.65. The van der Waals surface area contributed by atoms with Gasteiger partial charge in [-0.3, -0.25) is 19.7 Å². The van der Waals surface area contributed by atoms with Crippen LogP contribution >= 0.6 is 0 Å². The van der Waals surface area contributed by atoms with Gasteiger partial charge in [-0.05, 0) is 39.2 Å². The highest BCUT2D eigenvalue weighted by molar-refractivity contribution is 5.97. The number of hydrogen-bond donors (Lipinski definition) is 1. The number of carbonyl (C=O) groups excluding carboxylic acids is 4. The number of piperidine rings is 1. The summed E-state index contributed by atoms with van der Waals surface area (Å²) in [5, 5.41) is 2.21. The molecule has 29 heavy (non-hydrogen) atoms. The minimum atomic E-state index is -0.662. The zero-order valence-corrected chi connectivity index (χ0v) is 17.1. The van der Waals surface area contributed by atoms with Gasteiger partial charge in [0.1, 0.15) is 5.60 Å². The van der Waals surface area contributed by atoms with Crippen molar-refractivity contribution in [3.05, 3.63) is 35.9 Å². The van der Waals surface area contributed by atoms with E-state index in [9.17, 15) is 19.2 Å². The molecule has 8 heteroatoms. The Morgan fingerprint density at radius 3 is 2.24 bits per heavy atom. The maximum Gasteiger partial charge on any atom is 0.410 e. The minimum absolute atomic E-state index is 0.0731. The molecule has 2 rings (SSSR count). The van der Waals surface area contributed by atoms with Crippen LogP contribution in [0.3, 0.4) is 0 Å². The summed E-state index contributed by atoms with van der Waals surface area (Å²) < 4.78 is 10.4. The summed E-state index contributed by atoms with van der Waals surface area (Å²) in [5.41, 5.74) is 0.213. The highest BCUT2D eigenvalue weighted by Crippen LogP contribution is 2.20. The fraction of sp³-hybridized carbons (Fsp3) is 0.524. The monoisotopic (exact) mass is 404 g/mol. The van der Waals surface area contributed by atoms with Crippen molar-refractivity contribution >= 4 is 23.9 Å². The third-order valence-electron chi connectivity index (χ3n) is 4.31. The number of nitrogens with one attached hydrogen (secondary N) is 1. The number of likely N-dealkylation sites (tertiary alicyclic amines) is 1. The van der Waals surface area contributed by atoms with Gasteiger partial charge in [0.15, 0.2) is 6.61 Å². The van der Waals surface area contributed by atoms with Gasteiger partial charge in [-0.25, -0.2) is 4.79 Å². The molecule has 0 atom stereocenters. The highest BCUT2D eigenvalue weighted by atomic mass is 16.6. The maximum absolute atomic E-state index is 12.2. The van der Waals surface area contributed by atoms with Crippen LogP contribution in [0.4, 0.5) is 4.79 Å². The van der Waals surface area contributed by atoms with Crippen LogP contribution in [0, 0.1) is 5.92 Å². The summed E-state index contributed by atoms with van der Waals surface area (Å²) in [5.74, 6) is -2.01. The molecule has 158 valence electrons. The number of hydrogen-bond acceptors (Lipinski definition) is 6. The first-order valence-corrected chi connectivity index (χ1v) is 9.65. The van der Waals surface area contributed by atoms with Crippen molar-refractivity contribution in [3.8, 4) is 0 Å². The first-order valence-electron chi connectivity index (χ1n) is 9.65. The Balaban J connectivity index is 1.68. The lowest BCUT2D eigenvalue weighted by Gasteiger charge is -2.32. The maximum atomic E-state index is 12.2. The van der Waals surface area contributed by atoms with Crippen LogP contribution in [0.2, 0.25) is 0 Å². The predicted octanol–water partition coefficient (Wildman–Crippen LogP) is 2.06. The van der Waals surface area contributed by atoms with Crippen LogP contribution in [0.15, 0.2) is 30.3 Å². The molecule has 0 unspecified atom stereocenters. The fourth-order valence-electron chi connectivity index (χ4n) is 2.90. The molecule has 0 bridgehead atoms. The summed E-state index contributed by atoms with van der Waals surface area (Å²) in [6.07, 6.45) is 0.545. The molecule has 1 aliphatic rings. The minimum Gasteiger partial charge on any atom is -0.455 e. The second kappa shape index (κ2) is 10.0. The van der Waals surface area contributed by atoms with Crippen LogP contribution in [0.25, 0.3) is 0 Å². The number of carbonyl (C=O) groups is 4. The topological polar surface area (TPSA) is 102 Å². The number of amides is 3. The Kier molecular flexibility index (Phi) is 7.75. The highest BCUT2D eigenvalue weighted by Gasteiger charge is 2.31. The third-order valence-corrected chi connectivity index (χ3v) is 4.31. The molecule has 1 saturated heterocycles. The van der Waals surface area contributed by atoms with Crippen LogP contribution in [0.5, 0.6) is 0 Å². The smallest absolute Gasteiger partial charge is 0.410 e. The molecule has 1 heterocycles. The van der Waals surface area contributed by atoms with Crippen molar-refractivity contribution in [2.75, 3.05) is 19.7 Å². The van der Waals surface area contributed by atoms with E-state index in [1.54, 1.807) is 49.9 Å². The lowest BCUT2D eigenvalue weighted by Crippen LogP contribution is -2.43. The number of ether oxygens (including phenoxy) is 2. The standard InChI is InChI=1S/C21H28N2O6/c1-21(2,3)29-20(27)23-11-9-16(10-12-23)19(26)28-14-18(25)22-17(24)13-15-7-5-4-6-8-15/h4-8,16H,9-14H2,1-3H3,(H,22,24,25). The largest absolute Gasteiger partial charge is 0.455 e. The van der Waals surface area contributed by atoms with Gasteiger partial charge in [-0.1, -0.05) is 30.3 Å². The Hall–Kier alpha value is -2.90. The summed E-state index contributed by atoms with van der Waals surface area (Å²) in [4.78, 5) is 49.4. The van der Waals surface area contributed by atoms with Gasteiger partial charge in [-0.2, -0.15) is 0 Å². The second-order valence-electron chi connectivity index (χ2n) is 7.98. The van der Waals surface area contributed by atoms with E-state index < -0.39 is 36.1 Å². The van der Waals surface area contributed by atoms with E-state index in [-0.39, 0.29) is 12.3 Å². The Morgan fingerprint density at radius 2 is 1.66 bits per heavy atom. The normalized spacial score (nSPS) is 14.8. The van der Waals surface area contributed by atoms with Gasteiger partial charge in [0.2, 0.25) is 5.91 Å². The Bertz CT molecular complexity index is 733. The first kappa shape index (κ1) is 22.4. The van der Waals surface area contributed by atoms with E-state index >= 15 is 0 Å². The average molecular weight is 404 g/mol. The predicted molar refractivity (Wildman–Crippen MR) is 105 cm³/mol. The summed E-state index contributed by atoms with van der Waals surface area (Å²) in [7, 11) is 0. The number of imide groups is 1. The van der Waals surface area contributed by atoms with E-state index in [1.165, 1.54) is 0 Å². The van der Waals surface area contributed by atoms with Gasteiger partial charge in [0, 0.05) is 13.1 Å². The van der Waals surface area contributed by atoms with E-state index in [0.29, 0.717) is 25.9 Å². The molecule has 8 nitrogen and oxygen atoms in total. The van der Waals surface area contributed by atoms with E-state index in [4.69, 9.17) is 9.47 Å². The van der Waals surface area contributed by atoms with E-state index in [1.807, 2.05) is 6.07 Å². The van der Waals surface area contributed by atoms with Gasteiger partial charge in [0.05, 0.1) is 12.3 Å². The molecule has 0 saturated carbocycles. The lowest BCUT2D eigenvalue weighted by atomic mass is 9.97. The summed E-state index contributed by atoms with van der Waals surface area (Å²) >= 11 is 0. The molecule has 1 aromatic rings. The van der Waals surface area contributed by atoms with Crippen molar-refractivity contribution in [2.24, 2.45) is 5.92 Å². The number of nitrogens with zero attached hydrogens (tertiary/aromatic N) is 1. The molecule has 0 radical (unpaired) electrons. The van der Waals surface area contributed by atoms with Crippen LogP contribution in [-0.4, -0.2) is 54.1 Å². The zero-order chi connectivity index (χ0) is 21.4. The average Bonchev–Trinajstić information content (AvgIpc) is 2.65. The number of esters is 1. The van der Waals surface area contributed by atoms with Crippen molar-refractivity contribution < 1.29 is 28.7 Å². The molecule has 1 N–H and O–H groups in total.